The number of fused-ring (bicyclic) bond motifs is 1. The molecule has 1 N–H and O–H groups in total. The second-order valence-corrected chi connectivity index (χ2v) is 5.16. The van der Waals surface area contributed by atoms with Gasteiger partial charge < -0.3 is 5.11 Å². The van der Waals surface area contributed by atoms with Gasteiger partial charge in [0.1, 0.15) is 0 Å². The maximum Gasteiger partial charge on any atom is 0.0763 e. The average molecular weight is 180 g/mol. The smallest absolute Gasteiger partial charge is 0.0763 e. The lowest BCUT2D eigenvalue weighted by atomic mass is 9.55. The molecule has 0 amide bonds. The van der Waals surface area contributed by atoms with E-state index in [1.807, 2.05) is 0 Å². The first-order valence-corrected chi connectivity index (χ1v) is 5.46. The van der Waals surface area contributed by atoms with Crippen LogP contribution in [0, 0.1) is 11.3 Å². The van der Waals surface area contributed by atoms with Crippen LogP contribution >= 0.6 is 0 Å². The molecule has 1 saturated carbocycles. The fourth-order valence-corrected chi connectivity index (χ4v) is 3.18. The molecule has 0 spiro atoms. The Balaban J connectivity index is 2.34. The van der Waals surface area contributed by atoms with Crippen molar-refractivity contribution in [1.82, 2.24) is 0 Å². The van der Waals surface area contributed by atoms with E-state index in [0.717, 1.165) is 12.8 Å². The van der Waals surface area contributed by atoms with Crippen LogP contribution in [0.2, 0.25) is 0 Å². The maximum absolute atomic E-state index is 10.7. The molecule has 0 aliphatic heterocycles. The Morgan fingerprint density at radius 3 is 2.69 bits per heavy atom. The normalized spacial score (nSPS) is 50.2. The first-order valence-electron chi connectivity index (χ1n) is 5.46. The summed E-state index contributed by atoms with van der Waals surface area (Å²) in [5, 5.41) is 10.7. The lowest BCUT2D eigenvalue weighted by molar-refractivity contribution is -0.141. The van der Waals surface area contributed by atoms with Gasteiger partial charge in [-0.25, -0.2) is 0 Å². The van der Waals surface area contributed by atoms with Crippen LogP contribution in [0.4, 0.5) is 0 Å². The fourth-order valence-electron chi connectivity index (χ4n) is 3.18. The highest BCUT2D eigenvalue weighted by Crippen LogP contribution is 2.53. The van der Waals surface area contributed by atoms with Crippen molar-refractivity contribution < 1.29 is 5.11 Å². The summed E-state index contributed by atoms with van der Waals surface area (Å²) in [6, 6.07) is 0. The molecule has 13 heavy (non-hydrogen) atoms. The number of hydrogen-bond acceptors (Lipinski definition) is 1. The highest BCUT2D eigenvalue weighted by molar-refractivity contribution is 5.12. The molecule has 0 bridgehead atoms. The molecular formula is C12H20O. The molecule has 0 aromatic heterocycles. The summed E-state index contributed by atoms with van der Waals surface area (Å²) >= 11 is 0. The van der Waals surface area contributed by atoms with E-state index >= 15 is 0 Å². The molecule has 2 rings (SSSR count). The van der Waals surface area contributed by atoms with Gasteiger partial charge in [-0.05, 0) is 31.6 Å². The number of rotatable bonds is 0. The molecule has 74 valence electrons. The van der Waals surface area contributed by atoms with Crippen molar-refractivity contribution in [1.29, 1.82) is 0 Å². The summed E-state index contributed by atoms with van der Waals surface area (Å²) in [6.45, 7) is 4.46. The largest absolute Gasteiger partial charge is 0.389 e. The zero-order valence-corrected chi connectivity index (χ0v) is 8.71. The molecule has 0 aromatic carbocycles. The van der Waals surface area contributed by atoms with E-state index in [1.54, 1.807) is 0 Å². The van der Waals surface area contributed by atoms with Gasteiger partial charge >= 0.3 is 0 Å². The topological polar surface area (TPSA) is 20.2 Å². The van der Waals surface area contributed by atoms with Crippen molar-refractivity contribution in [3.8, 4) is 0 Å². The molecule has 1 fully saturated rings. The van der Waals surface area contributed by atoms with Crippen molar-refractivity contribution >= 4 is 0 Å². The fraction of sp³-hybridized carbons (Fsp3) is 0.833. The van der Waals surface area contributed by atoms with Gasteiger partial charge in [0.25, 0.3) is 0 Å². The molecular weight excluding hydrogens is 160 g/mol. The van der Waals surface area contributed by atoms with Crippen LogP contribution in [-0.2, 0) is 0 Å². The molecule has 0 saturated heterocycles. The van der Waals surface area contributed by atoms with Crippen LogP contribution in [0.15, 0.2) is 12.2 Å². The first kappa shape index (κ1) is 9.26. The number of allylic oxidation sites excluding steroid dienone is 1. The Morgan fingerprint density at radius 1 is 1.31 bits per heavy atom. The third kappa shape index (κ3) is 1.17. The van der Waals surface area contributed by atoms with Crippen LogP contribution in [0.1, 0.15) is 46.0 Å². The van der Waals surface area contributed by atoms with E-state index in [-0.39, 0.29) is 5.41 Å². The second-order valence-electron chi connectivity index (χ2n) is 5.16. The highest BCUT2D eigenvalue weighted by Gasteiger charge is 2.51. The molecule has 3 atom stereocenters. The molecule has 0 radical (unpaired) electrons. The van der Waals surface area contributed by atoms with Gasteiger partial charge in [-0.2, -0.15) is 0 Å². The van der Waals surface area contributed by atoms with Gasteiger partial charge in [-0.3, -0.25) is 0 Å². The Kier molecular flexibility index (Phi) is 2.03. The van der Waals surface area contributed by atoms with Crippen LogP contribution in [0.5, 0.6) is 0 Å². The van der Waals surface area contributed by atoms with Gasteiger partial charge in [-0.15, -0.1) is 0 Å². The van der Waals surface area contributed by atoms with E-state index < -0.39 is 5.60 Å². The predicted octanol–water partition coefficient (Wildman–Crippen LogP) is 2.89. The lowest BCUT2D eigenvalue weighted by Crippen LogP contribution is -2.54. The zero-order valence-electron chi connectivity index (χ0n) is 8.71. The van der Waals surface area contributed by atoms with Crippen LogP contribution in [0.25, 0.3) is 0 Å². The Bertz CT molecular complexity index is 233. The SMILES string of the molecule is CC1CCCC2(C)CC=CCC12O. The summed E-state index contributed by atoms with van der Waals surface area (Å²) < 4.78 is 0. The van der Waals surface area contributed by atoms with Crippen molar-refractivity contribution in [2.75, 3.05) is 0 Å². The van der Waals surface area contributed by atoms with Crippen molar-refractivity contribution in [2.24, 2.45) is 11.3 Å². The molecule has 1 nitrogen and oxygen atoms in total. The van der Waals surface area contributed by atoms with E-state index in [9.17, 15) is 5.11 Å². The monoisotopic (exact) mass is 180 g/mol. The molecule has 0 aromatic rings. The maximum atomic E-state index is 10.7. The molecule has 3 unspecified atom stereocenters. The Morgan fingerprint density at radius 2 is 2.00 bits per heavy atom. The van der Waals surface area contributed by atoms with E-state index in [0.29, 0.717) is 5.92 Å². The summed E-state index contributed by atoms with van der Waals surface area (Å²) in [5.74, 6) is 0.469. The highest BCUT2D eigenvalue weighted by atomic mass is 16.3. The lowest BCUT2D eigenvalue weighted by Gasteiger charge is -2.53. The number of hydrogen-bond donors (Lipinski definition) is 1. The zero-order chi connectivity index (χ0) is 9.53. The van der Waals surface area contributed by atoms with E-state index in [4.69, 9.17) is 0 Å². The summed E-state index contributed by atoms with van der Waals surface area (Å²) in [4.78, 5) is 0. The van der Waals surface area contributed by atoms with Gasteiger partial charge in [0.2, 0.25) is 0 Å². The molecule has 2 aliphatic rings. The van der Waals surface area contributed by atoms with Gasteiger partial charge in [0, 0.05) is 5.41 Å². The third-order valence-electron chi connectivity index (χ3n) is 4.39. The van der Waals surface area contributed by atoms with Crippen molar-refractivity contribution in [2.45, 2.75) is 51.6 Å². The van der Waals surface area contributed by atoms with Crippen LogP contribution in [-0.4, -0.2) is 10.7 Å². The van der Waals surface area contributed by atoms with E-state index in [2.05, 4.69) is 26.0 Å². The predicted molar refractivity (Wildman–Crippen MR) is 54.4 cm³/mol. The molecule has 2 aliphatic carbocycles. The molecule has 1 heteroatoms. The second kappa shape index (κ2) is 2.84. The Labute approximate surface area is 80.8 Å². The number of aliphatic hydroxyl groups is 1. The third-order valence-corrected chi connectivity index (χ3v) is 4.39. The minimum absolute atomic E-state index is 0.152. The summed E-state index contributed by atoms with van der Waals surface area (Å²) in [5.41, 5.74) is -0.264. The Hall–Kier alpha value is -0.300. The standard InChI is InChI=1S/C12H20O/c1-10-6-5-8-11(2)7-3-4-9-12(10,11)13/h3-4,10,13H,5-9H2,1-2H3. The molecule has 0 heterocycles. The minimum Gasteiger partial charge on any atom is -0.389 e. The van der Waals surface area contributed by atoms with Crippen molar-refractivity contribution in [3.05, 3.63) is 12.2 Å². The summed E-state index contributed by atoms with van der Waals surface area (Å²) in [6.07, 6.45) is 10.0. The first-order chi connectivity index (χ1) is 6.08. The van der Waals surface area contributed by atoms with Gasteiger partial charge in [0.05, 0.1) is 5.60 Å². The minimum atomic E-state index is -0.417. The summed E-state index contributed by atoms with van der Waals surface area (Å²) in [7, 11) is 0. The average Bonchev–Trinajstić information content (AvgIpc) is 2.09. The van der Waals surface area contributed by atoms with Crippen molar-refractivity contribution in [3.63, 3.8) is 0 Å². The van der Waals surface area contributed by atoms with Crippen LogP contribution in [0.3, 0.4) is 0 Å². The quantitative estimate of drug-likeness (QED) is 0.568. The van der Waals surface area contributed by atoms with Gasteiger partial charge in [0.15, 0.2) is 0 Å². The van der Waals surface area contributed by atoms with Gasteiger partial charge in [-0.1, -0.05) is 32.4 Å². The van der Waals surface area contributed by atoms with E-state index in [1.165, 1.54) is 19.3 Å². The van der Waals surface area contributed by atoms with Crippen LogP contribution < -0.4 is 0 Å².